The van der Waals surface area contributed by atoms with Gasteiger partial charge in [0.25, 0.3) is 0 Å². The molecule has 0 heterocycles. The molecule has 39 heteroatoms. The smallest absolute Gasteiger partial charge is 2.00 e. The van der Waals surface area contributed by atoms with Crippen LogP contribution in [-0.4, -0.2) is 153 Å². The topological polar surface area (TPSA) is 0 Å². The van der Waals surface area contributed by atoms with Crippen LogP contribution in [0.25, 0.3) is 0 Å². The Morgan fingerprint density at radius 3 is 0.154 bits per heavy atom. The summed E-state index contributed by atoms with van der Waals surface area (Å²) in [5.41, 5.74) is 0. The van der Waals surface area contributed by atoms with E-state index in [4.69, 9.17) is 0 Å². The predicted molar refractivity (Wildman–Crippen MR) is 85.0 cm³/mol. The Morgan fingerprint density at radius 2 is 0.154 bits per heavy atom. The molecule has 0 N–H and O–H groups in total. The summed E-state index contributed by atoms with van der Waals surface area (Å²) in [6.07, 6.45) is 0. The molecule has 0 nitrogen and oxygen atoms in total. The van der Waals surface area contributed by atoms with Crippen LogP contribution < -0.4 is 0 Å². The average molecular weight is 844 g/mol. The Hall–Kier alpha value is 2.57. The van der Waals surface area contributed by atoms with E-state index in [1.165, 1.54) is 0 Å². The first-order chi connectivity index (χ1) is 12.2. The van der Waals surface area contributed by atoms with Crippen LogP contribution in [0, 0.1) is 0 Å². The van der Waals surface area contributed by atoms with Crippen LogP contribution in [0.1, 0.15) is 0 Å². The van der Waals surface area contributed by atoms with Gasteiger partial charge in [0.15, 0.2) is 0 Å². The molecule has 0 saturated carbocycles. The zero-order valence-electron chi connectivity index (χ0n) is 16.4. The van der Waals surface area contributed by atoms with Crippen molar-refractivity contribution in [2.75, 3.05) is 0 Å². The first-order valence-corrected chi connectivity index (χ1v) is 17.0. The molecule has 0 bridgehead atoms. The molecule has 39 heavy (non-hydrogen) atoms. The molecule has 0 fully saturated rings. The zero-order valence-corrected chi connectivity index (χ0v) is 28.1. The van der Waals surface area contributed by atoms with Crippen molar-refractivity contribution < 1.29 is 123 Å². The second-order valence-corrected chi connectivity index (χ2v) is 16.1. The fourth-order valence-corrected chi connectivity index (χ4v) is 0. The Labute approximate surface area is 274 Å². The summed E-state index contributed by atoms with van der Waals surface area (Å²) in [6, 6.07) is 0. The standard InChI is InChI=1S/2Al.2Ca.5F6Si/c;;;;5*1-7(2,3,4,5)6/q2*+3;2*+2;5*-2. The summed E-state index contributed by atoms with van der Waals surface area (Å²) in [7, 11) is -54.2. The van der Waals surface area contributed by atoms with Crippen molar-refractivity contribution in [3.8, 4) is 0 Å². The molecule has 0 saturated heterocycles. The van der Waals surface area contributed by atoms with Gasteiger partial charge in [0.1, 0.15) is 0 Å². The average Bonchev–Trinajstić information content (AvgIpc) is 1.56. The predicted octanol–water partition coefficient (Wildman–Crippen LogP) is 9.18. The van der Waals surface area contributed by atoms with Crippen LogP contribution >= 0.6 is 0 Å². The SMILES string of the molecule is F[Si-2](F)(F)(F)(F)F.F[Si-2](F)(F)(F)(F)F.F[Si-2](F)(F)(F)(F)F.F[Si-2](F)(F)(F)(F)F.F[Si-2](F)(F)(F)(F)F.[Al+3].[Al+3].[Ca+2].[Ca+2]. The van der Waals surface area contributed by atoms with Gasteiger partial charge in [0.2, 0.25) is 0 Å². The molecule has 0 radical (unpaired) electrons. The van der Waals surface area contributed by atoms with Gasteiger partial charge in [-0.25, -0.2) is 0 Å². The van der Waals surface area contributed by atoms with Crippen LogP contribution in [0.2, 0.25) is 0 Å². The van der Waals surface area contributed by atoms with Gasteiger partial charge >= 0.3 is 277 Å². The van der Waals surface area contributed by atoms with Gasteiger partial charge in [0.05, 0.1) is 0 Å². The molecule has 0 aliphatic carbocycles. The van der Waals surface area contributed by atoms with Crippen LogP contribution in [0.4, 0.5) is 123 Å². The van der Waals surface area contributed by atoms with E-state index in [0.29, 0.717) is 0 Å². The molecule has 0 aliphatic rings. The van der Waals surface area contributed by atoms with E-state index in [1.807, 2.05) is 0 Å². The van der Waals surface area contributed by atoms with E-state index in [-0.39, 0.29) is 110 Å². The molecule has 0 atom stereocenters. The normalized spacial score (nSPS) is 20.8. The molecule has 0 amide bonds. The largest absolute Gasteiger partial charge is 3.00 e. The number of rotatable bonds is 0. The molecule has 0 rings (SSSR count). The molecule has 240 valence electrons. The molecular weight excluding hydrogens is 844 g/mol. The summed E-state index contributed by atoms with van der Waals surface area (Å²) >= 11 is 0. The molecule has 0 unspecified atom stereocenters. The van der Waals surface area contributed by atoms with Gasteiger partial charge in [0, 0.05) is 0 Å². The monoisotopic (exact) mass is 844 g/mol. The van der Waals surface area contributed by atoms with Gasteiger partial charge in [-0.2, -0.15) is 0 Å². The Balaban J connectivity index is -0.0000000402. The maximum absolute atomic E-state index is 10.8. The summed E-state index contributed by atoms with van der Waals surface area (Å²) < 4.78 is 297. The quantitative estimate of drug-likeness (QED) is 0.130. The van der Waals surface area contributed by atoms with E-state index < -0.39 is 43.2 Å². The Morgan fingerprint density at radius 1 is 0.154 bits per heavy atom. The van der Waals surface area contributed by atoms with Crippen molar-refractivity contribution in [3.63, 3.8) is 0 Å². The summed E-state index contributed by atoms with van der Waals surface area (Å²) in [5, 5.41) is 0. The van der Waals surface area contributed by atoms with Crippen molar-refractivity contribution in [2.24, 2.45) is 0 Å². The minimum absolute atomic E-state index is 0. The molecule has 0 spiro atoms. The third-order valence-corrected chi connectivity index (χ3v) is 0. The van der Waals surface area contributed by atoms with Crippen molar-refractivity contribution in [1.29, 1.82) is 0 Å². The molecular formula is Al2Ca2F30Si5. The van der Waals surface area contributed by atoms with E-state index >= 15 is 0 Å². The van der Waals surface area contributed by atoms with Gasteiger partial charge in [-0.3, -0.25) is 0 Å². The second-order valence-electron chi connectivity index (χ2n) is 5.36. The fourth-order valence-electron chi connectivity index (χ4n) is 0. The minimum atomic E-state index is -10.8. The van der Waals surface area contributed by atoms with Crippen molar-refractivity contribution in [2.45, 2.75) is 0 Å². The van der Waals surface area contributed by atoms with Crippen LogP contribution in [-0.2, 0) is 0 Å². The summed E-state index contributed by atoms with van der Waals surface area (Å²) in [4.78, 5) is 0. The molecule has 0 aromatic heterocycles. The third-order valence-electron chi connectivity index (χ3n) is 0. The Kier molecular flexibility index (Phi) is 17.5. The second kappa shape index (κ2) is 10.6. The van der Waals surface area contributed by atoms with Crippen LogP contribution in [0.5, 0.6) is 0 Å². The maximum atomic E-state index is 9.88. The van der Waals surface area contributed by atoms with Crippen molar-refractivity contribution in [1.82, 2.24) is 0 Å². The third kappa shape index (κ3) is 9150. The maximum Gasteiger partial charge on any atom is 3.00 e. The number of hydrogen-bond donors (Lipinski definition) is 0. The fraction of sp³-hybridized carbons (Fsp3) is 0. The zero-order chi connectivity index (χ0) is 32.0. The first kappa shape index (κ1) is 64.5. The van der Waals surface area contributed by atoms with Crippen LogP contribution in [0.3, 0.4) is 0 Å². The molecule has 0 aliphatic heterocycles. The van der Waals surface area contributed by atoms with E-state index in [2.05, 4.69) is 0 Å². The number of hydrogen-bond acceptors (Lipinski definition) is 0. The van der Waals surface area contributed by atoms with Gasteiger partial charge < -0.3 is 0 Å². The van der Waals surface area contributed by atoms with Gasteiger partial charge in [-0.1, -0.05) is 0 Å². The minimum Gasteiger partial charge on any atom is 2.00 e. The van der Waals surface area contributed by atoms with E-state index in [0.717, 1.165) is 0 Å². The van der Waals surface area contributed by atoms with Gasteiger partial charge in [-0.15, -0.1) is 0 Å². The number of halogens is 30. The van der Waals surface area contributed by atoms with Crippen molar-refractivity contribution >= 4 is 153 Å². The van der Waals surface area contributed by atoms with E-state index in [1.54, 1.807) is 0 Å². The molecule has 0 aromatic rings. The van der Waals surface area contributed by atoms with Crippen molar-refractivity contribution in [3.05, 3.63) is 0 Å². The van der Waals surface area contributed by atoms with Gasteiger partial charge in [-0.05, 0) is 0 Å². The summed E-state index contributed by atoms with van der Waals surface area (Å²) in [6.45, 7) is 0. The van der Waals surface area contributed by atoms with E-state index in [9.17, 15) is 123 Å². The summed E-state index contributed by atoms with van der Waals surface area (Å²) in [5.74, 6) is 0. The first-order valence-electron chi connectivity index (χ1n) is 5.67. The Bertz CT molecular complexity index is 510. The van der Waals surface area contributed by atoms with Crippen LogP contribution in [0.15, 0.2) is 0 Å². The molecule has 0 aromatic carbocycles.